The fourth-order valence-corrected chi connectivity index (χ4v) is 2.87. The molecular weight excluding hydrogens is 366 g/mol. The van der Waals surface area contributed by atoms with Crippen molar-refractivity contribution in [3.63, 3.8) is 0 Å². The molecule has 0 aliphatic carbocycles. The molecule has 24 heavy (non-hydrogen) atoms. The lowest BCUT2D eigenvalue weighted by molar-refractivity contribution is -0.137. The van der Waals surface area contributed by atoms with Gasteiger partial charge in [-0.15, -0.1) is 0 Å². The summed E-state index contributed by atoms with van der Waals surface area (Å²) in [5.41, 5.74) is 5.61. The highest BCUT2D eigenvalue weighted by Gasteiger charge is 2.31. The smallest absolute Gasteiger partial charge is 0.416 e. The van der Waals surface area contributed by atoms with Crippen molar-refractivity contribution in [2.45, 2.75) is 19.5 Å². The Labute approximate surface area is 141 Å². The number of nitrogen functional groups attached to an aromatic ring is 1. The van der Waals surface area contributed by atoms with Gasteiger partial charge in [0.05, 0.1) is 15.9 Å². The zero-order valence-corrected chi connectivity index (χ0v) is 14.2. The maximum atomic E-state index is 12.7. The molecule has 3 N–H and O–H groups in total. The van der Waals surface area contributed by atoms with Gasteiger partial charge in [-0.1, -0.05) is 18.5 Å². The quantitative estimate of drug-likeness (QED) is 0.610. The summed E-state index contributed by atoms with van der Waals surface area (Å²) in [6.07, 6.45) is -4.01. The predicted molar refractivity (Wildman–Crippen MR) is 87.6 cm³/mol. The minimum absolute atomic E-state index is 0.00713. The minimum atomic E-state index is -4.51. The molecule has 1 atom stereocenters. The van der Waals surface area contributed by atoms with Crippen molar-refractivity contribution in [1.82, 2.24) is 0 Å². The monoisotopic (exact) mass is 379 g/mol. The van der Waals surface area contributed by atoms with E-state index in [1.165, 1.54) is 12.1 Å². The van der Waals surface area contributed by atoms with Crippen LogP contribution in [0.3, 0.4) is 0 Å². The predicted octanol–water partition coefficient (Wildman–Crippen LogP) is 4.39. The highest BCUT2D eigenvalue weighted by atomic mass is 35.5. The van der Waals surface area contributed by atoms with E-state index in [4.69, 9.17) is 22.1 Å². The van der Waals surface area contributed by atoms with Crippen LogP contribution in [0, 0.1) is 0 Å². The van der Waals surface area contributed by atoms with Crippen molar-refractivity contribution in [2.24, 2.45) is 0 Å². The number of alkyl halides is 3. The van der Waals surface area contributed by atoms with Crippen molar-refractivity contribution in [3.8, 4) is 11.5 Å². The van der Waals surface area contributed by atoms with Crippen molar-refractivity contribution in [3.05, 3.63) is 46.5 Å². The Morgan fingerprint density at radius 3 is 2.42 bits per heavy atom. The van der Waals surface area contributed by atoms with Gasteiger partial charge >= 0.3 is 6.18 Å². The molecule has 0 spiro atoms. The summed E-state index contributed by atoms with van der Waals surface area (Å²) in [4.78, 5) is 9.30. The van der Waals surface area contributed by atoms with E-state index >= 15 is 0 Å². The molecule has 1 unspecified atom stereocenters. The number of benzene rings is 2. The van der Waals surface area contributed by atoms with E-state index in [0.29, 0.717) is 12.0 Å². The standard InChI is InChI=1S/C15H14ClF3NO3P/c1-2-8-5-11(20)14(24(21)22)7-13(8)23-12-4-3-9(6-10(12)16)15(17,18)19/h3-7,24H,2,20H2,1H3,(H,21,22). The summed E-state index contributed by atoms with van der Waals surface area (Å²) in [6, 6.07) is 5.52. The van der Waals surface area contributed by atoms with Crippen molar-refractivity contribution < 1.29 is 27.4 Å². The van der Waals surface area contributed by atoms with Crippen molar-refractivity contribution in [1.29, 1.82) is 0 Å². The summed E-state index contributed by atoms with van der Waals surface area (Å²) in [7, 11) is -3.05. The maximum Gasteiger partial charge on any atom is 0.416 e. The largest absolute Gasteiger partial charge is 0.455 e. The Morgan fingerprint density at radius 2 is 1.92 bits per heavy atom. The lowest BCUT2D eigenvalue weighted by atomic mass is 10.1. The Morgan fingerprint density at radius 1 is 1.25 bits per heavy atom. The second-order valence-electron chi connectivity index (χ2n) is 4.95. The topological polar surface area (TPSA) is 72.6 Å². The molecule has 0 saturated carbocycles. The van der Waals surface area contributed by atoms with E-state index in [2.05, 4.69) is 0 Å². The lowest BCUT2D eigenvalue weighted by Crippen LogP contribution is -2.08. The first kappa shape index (κ1) is 18.6. The second-order valence-corrected chi connectivity index (χ2v) is 6.51. The summed E-state index contributed by atoms with van der Waals surface area (Å²) < 4.78 is 54.9. The van der Waals surface area contributed by atoms with Gasteiger partial charge in [0.15, 0.2) is 0 Å². The normalized spacial score (nSPS) is 12.9. The van der Waals surface area contributed by atoms with E-state index < -0.39 is 19.8 Å². The lowest BCUT2D eigenvalue weighted by Gasteiger charge is -2.15. The zero-order valence-electron chi connectivity index (χ0n) is 12.4. The summed E-state index contributed by atoms with van der Waals surface area (Å²) in [5, 5.41) is -0.197. The van der Waals surface area contributed by atoms with Gasteiger partial charge in [0.1, 0.15) is 11.5 Å². The van der Waals surface area contributed by atoms with Crippen LogP contribution in [0.1, 0.15) is 18.1 Å². The summed E-state index contributed by atoms with van der Waals surface area (Å²) in [5.74, 6) is 0.225. The molecule has 9 heteroatoms. The molecular formula is C15H14ClF3NO3P. The van der Waals surface area contributed by atoms with Crippen LogP contribution in [0.25, 0.3) is 0 Å². The van der Waals surface area contributed by atoms with Gasteiger partial charge in [0, 0.05) is 5.69 Å². The number of hydrogen-bond donors (Lipinski definition) is 2. The van der Waals surface area contributed by atoms with Gasteiger partial charge in [-0.3, -0.25) is 4.57 Å². The van der Waals surface area contributed by atoms with E-state index in [1.54, 1.807) is 0 Å². The first-order chi connectivity index (χ1) is 11.1. The number of aryl methyl sites for hydroxylation is 1. The number of nitrogens with two attached hydrogens (primary N) is 1. The van der Waals surface area contributed by atoms with E-state index in [-0.39, 0.29) is 27.5 Å². The molecule has 0 amide bonds. The SMILES string of the molecule is CCc1cc(N)c([PH](=O)O)cc1Oc1ccc(C(F)(F)F)cc1Cl. The molecule has 4 nitrogen and oxygen atoms in total. The van der Waals surface area contributed by atoms with Crippen LogP contribution < -0.4 is 15.8 Å². The highest BCUT2D eigenvalue weighted by Crippen LogP contribution is 2.38. The molecule has 0 radical (unpaired) electrons. The second kappa shape index (κ2) is 7.05. The summed E-state index contributed by atoms with van der Waals surface area (Å²) in [6.45, 7) is 1.82. The van der Waals surface area contributed by atoms with E-state index in [0.717, 1.165) is 18.2 Å². The fraction of sp³-hybridized carbons (Fsp3) is 0.200. The van der Waals surface area contributed by atoms with E-state index in [9.17, 15) is 22.6 Å². The number of hydrogen-bond acceptors (Lipinski definition) is 3. The van der Waals surface area contributed by atoms with E-state index in [1.807, 2.05) is 6.92 Å². The Balaban J connectivity index is 2.44. The molecule has 0 aromatic heterocycles. The van der Waals surface area contributed by atoms with Crippen LogP contribution in [-0.4, -0.2) is 4.89 Å². The Bertz CT molecular complexity index is 796. The molecule has 0 aliphatic heterocycles. The van der Waals surface area contributed by atoms with Crippen LogP contribution in [0.5, 0.6) is 11.5 Å². The molecule has 2 aromatic rings. The van der Waals surface area contributed by atoms with Gasteiger partial charge < -0.3 is 15.4 Å². The number of rotatable bonds is 4. The first-order valence-corrected chi connectivity index (χ1v) is 8.57. The zero-order chi connectivity index (χ0) is 18.1. The average molecular weight is 380 g/mol. The average Bonchev–Trinajstić information content (AvgIpc) is 2.49. The van der Waals surface area contributed by atoms with Gasteiger partial charge in [-0.2, -0.15) is 13.2 Å². The van der Waals surface area contributed by atoms with Crippen LogP contribution in [0.4, 0.5) is 18.9 Å². The maximum absolute atomic E-state index is 12.7. The molecule has 130 valence electrons. The van der Waals surface area contributed by atoms with Crippen LogP contribution >= 0.6 is 19.6 Å². The van der Waals surface area contributed by atoms with Crippen LogP contribution in [-0.2, 0) is 17.2 Å². The van der Waals surface area contributed by atoms with Gasteiger partial charge in [-0.25, -0.2) is 0 Å². The minimum Gasteiger partial charge on any atom is -0.455 e. The first-order valence-electron chi connectivity index (χ1n) is 6.83. The Hall–Kier alpha value is -1.69. The number of anilines is 1. The van der Waals surface area contributed by atoms with Crippen molar-refractivity contribution in [2.75, 3.05) is 5.73 Å². The molecule has 0 aliphatic rings. The van der Waals surface area contributed by atoms with Gasteiger partial charge in [-0.05, 0) is 42.3 Å². The molecule has 2 rings (SSSR count). The molecule has 2 aromatic carbocycles. The van der Waals surface area contributed by atoms with Crippen molar-refractivity contribution >= 4 is 30.6 Å². The fourth-order valence-electron chi connectivity index (χ4n) is 2.08. The summed E-state index contributed by atoms with van der Waals surface area (Å²) >= 11 is 5.86. The molecule has 0 heterocycles. The Kier molecular flexibility index (Phi) is 5.48. The number of ether oxygens (including phenoxy) is 1. The van der Waals surface area contributed by atoms with Gasteiger partial charge in [0.25, 0.3) is 0 Å². The van der Waals surface area contributed by atoms with Crippen LogP contribution in [0.15, 0.2) is 30.3 Å². The third kappa shape index (κ3) is 4.04. The third-order valence-corrected chi connectivity index (χ3v) is 4.51. The molecule has 0 bridgehead atoms. The molecule has 0 saturated heterocycles. The third-order valence-electron chi connectivity index (χ3n) is 3.32. The molecule has 0 fully saturated rings. The number of halogens is 4. The van der Waals surface area contributed by atoms with Crippen LogP contribution in [0.2, 0.25) is 5.02 Å². The highest BCUT2D eigenvalue weighted by molar-refractivity contribution is 7.47. The van der Waals surface area contributed by atoms with Gasteiger partial charge in [0.2, 0.25) is 8.03 Å².